The van der Waals surface area contributed by atoms with Crippen LogP contribution in [-0.2, 0) is 13.1 Å². The second-order valence-electron chi connectivity index (χ2n) is 5.00. The van der Waals surface area contributed by atoms with Gasteiger partial charge in [0.15, 0.2) is 5.96 Å². The van der Waals surface area contributed by atoms with E-state index in [1.165, 1.54) is 0 Å². The van der Waals surface area contributed by atoms with Crippen LogP contribution in [0.5, 0.6) is 5.75 Å². The number of halogens is 2. The lowest BCUT2D eigenvalue weighted by atomic mass is 10.2. The topological polar surface area (TPSA) is 50.6 Å². The van der Waals surface area contributed by atoms with E-state index in [0.717, 1.165) is 41.4 Å². The third-order valence-corrected chi connectivity index (χ3v) is 3.82. The van der Waals surface area contributed by atoms with Crippen LogP contribution in [0, 0.1) is 0 Å². The van der Waals surface area contributed by atoms with Crippen LogP contribution in [-0.4, -0.2) is 30.7 Å². The molecule has 5 nitrogen and oxygen atoms in total. The molecule has 2 aromatic rings. The number of rotatable bonds is 7. The summed E-state index contributed by atoms with van der Waals surface area (Å²) >= 11 is 3.49. The van der Waals surface area contributed by atoms with Crippen LogP contribution in [0.1, 0.15) is 12.5 Å². The van der Waals surface area contributed by atoms with Gasteiger partial charge in [-0.2, -0.15) is 0 Å². The molecule has 0 aliphatic heterocycles. The van der Waals surface area contributed by atoms with E-state index in [4.69, 9.17) is 4.74 Å². The van der Waals surface area contributed by atoms with E-state index in [-0.39, 0.29) is 24.0 Å². The van der Waals surface area contributed by atoms with E-state index < -0.39 is 0 Å². The van der Waals surface area contributed by atoms with Crippen LogP contribution in [0.4, 0.5) is 0 Å². The molecule has 0 bridgehead atoms. The lowest BCUT2D eigenvalue weighted by Crippen LogP contribution is -2.38. The van der Waals surface area contributed by atoms with Gasteiger partial charge in [-0.15, -0.1) is 24.0 Å². The maximum Gasteiger partial charge on any atom is 0.191 e. The molecule has 2 rings (SSSR count). The van der Waals surface area contributed by atoms with Crippen LogP contribution in [0.25, 0.3) is 0 Å². The molecule has 0 saturated carbocycles. The SMILES string of the molecule is CCNC(=NCc1cc(Br)ccc1OC)NCCn1cccc1.I. The highest BCUT2D eigenvalue weighted by Gasteiger charge is 2.04. The predicted molar refractivity (Wildman–Crippen MR) is 113 cm³/mol. The van der Waals surface area contributed by atoms with Crippen LogP contribution in [0.2, 0.25) is 0 Å². The standard InChI is InChI=1S/C17H23BrN4O.HI/c1-3-19-17(20-8-11-22-9-4-5-10-22)21-13-14-12-15(18)6-7-16(14)23-2;/h4-7,9-10,12H,3,8,11,13H2,1-2H3,(H2,19,20,21);1H. The fourth-order valence-electron chi connectivity index (χ4n) is 2.20. The third kappa shape index (κ3) is 6.72. The molecule has 0 aliphatic carbocycles. The number of guanidine groups is 1. The Balaban J connectivity index is 0.00000288. The summed E-state index contributed by atoms with van der Waals surface area (Å²) in [7, 11) is 1.68. The van der Waals surface area contributed by atoms with Crippen LogP contribution >= 0.6 is 39.9 Å². The van der Waals surface area contributed by atoms with E-state index in [9.17, 15) is 0 Å². The van der Waals surface area contributed by atoms with Crippen molar-refractivity contribution in [2.45, 2.75) is 20.0 Å². The Morgan fingerprint density at radius 3 is 2.67 bits per heavy atom. The Morgan fingerprint density at radius 2 is 2.00 bits per heavy atom. The minimum absolute atomic E-state index is 0. The second kappa shape index (κ2) is 11.4. The average Bonchev–Trinajstić information content (AvgIpc) is 3.06. The zero-order valence-corrected chi connectivity index (χ0v) is 17.9. The number of ether oxygens (including phenoxy) is 1. The lowest BCUT2D eigenvalue weighted by Gasteiger charge is -2.12. The molecule has 1 aromatic heterocycles. The molecule has 24 heavy (non-hydrogen) atoms. The van der Waals surface area contributed by atoms with Gasteiger partial charge in [0, 0.05) is 42.1 Å². The normalized spacial score (nSPS) is 10.9. The van der Waals surface area contributed by atoms with Gasteiger partial charge in [-0.3, -0.25) is 0 Å². The quantitative estimate of drug-likeness (QED) is 0.342. The number of benzene rings is 1. The van der Waals surface area contributed by atoms with Crippen molar-refractivity contribution in [1.82, 2.24) is 15.2 Å². The zero-order chi connectivity index (χ0) is 16.5. The number of aromatic nitrogens is 1. The number of methoxy groups -OCH3 is 1. The fourth-order valence-corrected chi connectivity index (χ4v) is 2.61. The van der Waals surface area contributed by atoms with E-state index in [2.05, 4.69) is 55.4 Å². The van der Waals surface area contributed by atoms with Crippen LogP contribution < -0.4 is 15.4 Å². The molecule has 7 heteroatoms. The Morgan fingerprint density at radius 1 is 1.25 bits per heavy atom. The lowest BCUT2D eigenvalue weighted by molar-refractivity contribution is 0.409. The highest BCUT2D eigenvalue weighted by atomic mass is 127. The highest BCUT2D eigenvalue weighted by molar-refractivity contribution is 14.0. The fraction of sp³-hybridized carbons (Fsp3) is 0.353. The summed E-state index contributed by atoms with van der Waals surface area (Å²) in [6.45, 7) is 5.16. The molecule has 0 radical (unpaired) electrons. The van der Waals surface area contributed by atoms with Gasteiger partial charge in [0.2, 0.25) is 0 Å². The number of aliphatic imine (C=N–C) groups is 1. The first-order valence-electron chi connectivity index (χ1n) is 7.68. The first kappa shape index (κ1) is 20.8. The average molecular weight is 507 g/mol. The Hall–Kier alpha value is -1.22. The molecule has 1 heterocycles. The van der Waals surface area contributed by atoms with E-state index in [0.29, 0.717) is 6.54 Å². The summed E-state index contributed by atoms with van der Waals surface area (Å²) in [6.07, 6.45) is 4.11. The zero-order valence-electron chi connectivity index (χ0n) is 14.0. The van der Waals surface area contributed by atoms with Crippen molar-refractivity contribution in [3.05, 3.63) is 52.8 Å². The van der Waals surface area contributed by atoms with Gasteiger partial charge in [0.1, 0.15) is 5.75 Å². The smallest absolute Gasteiger partial charge is 0.191 e. The van der Waals surface area contributed by atoms with Gasteiger partial charge >= 0.3 is 0 Å². The largest absolute Gasteiger partial charge is 0.496 e. The molecule has 0 saturated heterocycles. The monoisotopic (exact) mass is 506 g/mol. The molecular formula is C17H24BrIN4O. The van der Waals surface area contributed by atoms with Crippen molar-refractivity contribution in [2.24, 2.45) is 4.99 Å². The number of hydrogen-bond donors (Lipinski definition) is 2. The summed E-state index contributed by atoms with van der Waals surface area (Å²) in [5.74, 6) is 1.65. The van der Waals surface area contributed by atoms with Crippen LogP contribution in [0.3, 0.4) is 0 Å². The van der Waals surface area contributed by atoms with Crippen molar-refractivity contribution < 1.29 is 4.74 Å². The maximum atomic E-state index is 5.39. The Bertz CT molecular complexity index is 632. The molecule has 0 aliphatic rings. The number of nitrogens with zero attached hydrogens (tertiary/aromatic N) is 2. The van der Waals surface area contributed by atoms with Gasteiger partial charge in [-0.05, 0) is 37.3 Å². The minimum Gasteiger partial charge on any atom is -0.496 e. The van der Waals surface area contributed by atoms with Crippen LogP contribution in [0.15, 0.2) is 52.2 Å². The maximum absolute atomic E-state index is 5.39. The number of nitrogens with one attached hydrogen (secondary N) is 2. The second-order valence-corrected chi connectivity index (χ2v) is 5.91. The third-order valence-electron chi connectivity index (χ3n) is 3.32. The van der Waals surface area contributed by atoms with Gasteiger partial charge in [0.05, 0.1) is 13.7 Å². The van der Waals surface area contributed by atoms with E-state index in [1.807, 2.05) is 30.3 Å². The van der Waals surface area contributed by atoms with Crippen molar-refractivity contribution in [3.8, 4) is 5.75 Å². The van der Waals surface area contributed by atoms with Crippen molar-refractivity contribution in [1.29, 1.82) is 0 Å². The first-order chi connectivity index (χ1) is 11.2. The molecular weight excluding hydrogens is 483 g/mol. The highest BCUT2D eigenvalue weighted by Crippen LogP contribution is 2.23. The van der Waals surface area contributed by atoms with Gasteiger partial charge < -0.3 is 19.9 Å². The Labute approximate surface area is 169 Å². The molecule has 0 fully saturated rings. The number of hydrogen-bond acceptors (Lipinski definition) is 2. The van der Waals surface area contributed by atoms with Gasteiger partial charge in [0.25, 0.3) is 0 Å². The van der Waals surface area contributed by atoms with Gasteiger partial charge in [-0.25, -0.2) is 4.99 Å². The van der Waals surface area contributed by atoms with Crippen molar-refractivity contribution in [2.75, 3.05) is 20.2 Å². The molecule has 0 unspecified atom stereocenters. The molecule has 0 amide bonds. The molecule has 0 atom stereocenters. The van der Waals surface area contributed by atoms with Crippen molar-refractivity contribution in [3.63, 3.8) is 0 Å². The summed E-state index contributed by atoms with van der Waals surface area (Å²) in [6, 6.07) is 10.00. The molecule has 132 valence electrons. The predicted octanol–water partition coefficient (Wildman–Crippen LogP) is 3.63. The van der Waals surface area contributed by atoms with E-state index in [1.54, 1.807) is 7.11 Å². The minimum atomic E-state index is 0. The molecule has 0 spiro atoms. The summed E-state index contributed by atoms with van der Waals surface area (Å²) < 4.78 is 8.54. The summed E-state index contributed by atoms with van der Waals surface area (Å²) in [4.78, 5) is 4.64. The Kier molecular flexibility index (Phi) is 9.85. The molecule has 1 aromatic carbocycles. The summed E-state index contributed by atoms with van der Waals surface area (Å²) in [5.41, 5.74) is 1.05. The summed E-state index contributed by atoms with van der Waals surface area (Å²) in [5, 5.41) is 6.61. The molecule has 2 N–H and O–H groups in total. The van der Waals surface area contributed by atoms with Crippen molar-refractivity contribution >= 4 is 45.9 Å². The van der Waals surface area contributed by atoms with E-state index >= 15 is 0 Å². The van der Waals surface area contributed by atoms with Gasteiger partial charge in [-0.1, -0.05) is 15.9 Å². The first-order valence-corrected chi connectivity index (χ1v) is 8.47.